The monoisotopic (exact) mass is 284 g/mol. The molecule has 0 spiro atoms. The van der Waals surface area contributed by atoms with Crippen LogP contribution in [0.25, 0.3) is 0 Å². The maximum Gasteiger partial charge on any atom is 0.255 e. The molecule has 0 aliphatic carbocycles. The van der Waals surface area contributed by atoms with Gasteiger partial charge in [0.2, 0.25) is 0 Å². The predicted molar refractivity (Wildman–Crippen MR) is 77.9 cm³/mol. The Morgan fingerprint density at radius 2 is 2.21 bits per heavy atom. The lowest BCUT2D eigenvalue weighted by atomic mass is 10.2. The first kappa shape index (κ1) is 15.8. The van der Waals surface area contributed by atoms with Gasteiger partial charge in [-0.05, 0) is 44.0 Å². The van der Waals surface area contributed by atoms with Crippen molar-refractivity contribution in [3.05, 3.63) is 28.8 Å². The molecule has 0 unspecified atom stereocenters. The molecule has 106 valence electrons. The van der Waals surface area contributed by atoms with E-state index in [9.17, 15) is 4.79 Å². The molecule has 0 saturated heterocycles. The lowest BCUT2D eigenvalue weighted by Gasteiger charge is -2.11. The number of carbonyl (C=O) groups is 1. The molecule has 0 aliphatic heterocycles. The highest BCUT2D eigenvalue weighted by Gasteiger charge is 2.12. The van der Waals surface area contributed by atoms with Gasteiger partial charge >= 0.3 is 0 Å². The van der Waals surface area contributed by atoms with Gasteiger partial charge in [0.15, 0.2) is 0 Å². The Kier molecular flexibility index (Phi) is 7.30. The first-order valence-electron chi connectivity index (χ1n) is 6.59. The molecule has 1 aromatic rings. The summed E-state index contributed by atoms with van der Waals surface area (Å²) in [6.07, 6.45) is 2.66. The van der Waals surface area contributed by atoms with E-state index in [1.165, 1.54) is 0 Å². The summed E-state index contributed by atoms with van der Waals surface area (Å²) in [7, 11) is 0. The van der Waals surface area contributed by atoms with Crippen LogP contribution in [0, 0.1) is 0 Å². The smallest absolute Gasteiger partial charge is 0.255 e. The van der Waals surface area contributed by atoms with Crippen LogP contribution in [0.5, 0.6) is 5.75 Å². The number of carbonyl (C=O) groups excluding carboxylic acids is 1. The van der Waals surface area contributed by atoms with Gasteiger partial charge in [-0.1, -0.05) is 18.5 Å². The average Bonchev–Trinajstić information content (AvgIpc) is 2.42. The Labute approximate surface area is 119 Å². The van der Waals surface area contributed by atoms with E-state index in [0.29, 0.717) is 36.0 Å². The SMILES string of the molecule is CCCOc1ccc(Cl)cc1C(=O)NCCCCN. The molecule has 4 nitrogen and oxygen atoms in total. The van der Waals surface area contributed by atoms with Crippen molar-refractivity contribution < 1.29 is 9.53 Å². The maximum atomic E-state index is 12.1. The summed E-state index contributed by atoms with van der Waals surface area (Å²) >= 11 is 5.93. The molecule has 3 N–H and O–H groups in total. The van der Waals surface area contributed by atoms with Crippen LogP contribution in [-0.4, -0.2) is 25.6 Å². The molecule has 0 aliphatic rings. The fourth-order valence-corrected chi connectivity index (χ4v) is 1.76. The molecule has 1 aromatic carbocycles. The molecule has 1 rings (SSSR count). The Hall–Kier alpha value is -1.26. The minimum absolute atomic E-state index is 0.161. The first-order chi connectivity index (χ1) is 9.19. The molecule has 0 bridgehead atoms. The van der Waals surface area contributed by atoms with E-state index in [0.717, 1.165) is 19.3 Å². The standard InChI is InChI=1S/C14H21ClN2O2/c1-2-9-19-13-6-5-11(15)10-12(13)14(18)17-8-4-3-7-16/h5-6,10H,2-4,7-9,16H2,1H3,(H,17,18). The van der Waals surface area contributed by atoms with Gasteiger partial charge in [-0.3, -0.25) is 4.79 Å². The van der Waals surface area contributed by atoms with Crippen LogP contribution < -0.4 is 15.8 Å². The van der Waals surface area contributed by atoms with Gasteiger partial charge in [-0.15, -0.1) is 0 Å². The fourth-order valence-electron chi connectivity index (χ4n) is 1.58. The van der Waals surface area contributed by atoms with Crippen LogP contribution in [-0.2, 0) is 0 Å². The largest absolute Gasteiger partial charge is 0.493 e. The molecular weight excluding hydrogens is 264 g/mol. The van der Waals surface area contributed by atoms with Crippen LogP contribution in [0.4, 0.5) is 0 Å². The minimum Gasteiger partial charge on any atom is -0.493 e. The summed E-state index contributed by atoms with van der Waals surface area (Å²) in [5.74, 6) is 0.410. The van der Waals surface area contributed by atoms with Gasteiger partial charge < -0.3 is 15.8 Å². The molecule has 0 heterocycles. The highest BCUT2D eigenvalue weighted by atomic mass is 35.5. The van der Waals surface area contributed by atoms with Crippen LogP contribution in [0.2, 0.25) is 5.02 Å². The minimum atomic E-state index is -0.161. The number of halogens is 1. The van der Waals surface area contributed by atoms with E-state index >= 15 is 0 Å². The normalized spacial score (nSPS) is 10.3. The van der Waals surface area contributed by atoms with Crippen molar-refractivity contribution in [3.8, 4) is 5.75 Å². The van der Waals surface area contributed by atoms with Crippen molar-refractivity contribution in [3.63, 3.8) is 0 Å². The lowest BCUT2D eigenvalue weighted by Crippen LogP contribution is -2.25. The third kappa shape index (κ3) is 5.49. The summed E-state index contributed by atoms with van der Waals surface area (Å²) in [5, 5.41) is 3.37. The Morgan fingerprint density at radius 3 is 2.89 bits per heavy atom. The highest BCUT2D eigenvalue weighted by molar-refractivity contribution is 6.31. The molecule has 0 fully saturated rings. The zero-order chi connectivity index (χ0) is 14.1. The number of hydrogen-bond acceptors (Lipinski definition) is 3. The molecule has 0 atom stereocenters. The Morgan fingerprint density at radius 1 is 1.42 bits per heavy atom. The average molecular weight is 285 g/mol. The Bertz CT molecular complexity index is 410. The summed E-state index contributed by atoms with van der Waals surface area (Å²) in [4.78, 5) is 12.1. The molecule has 0 aromatic heterocycles. The number of amides is 1. The van der Waals surface area contributed by atoms with E-state index < -0.39 is 0 Å². The van der Waals surface area contributed by atoms with Crippen molar-refractivity contribution in [1.82, 2.24) is 5.32 Å². The number of nitrogens with two attached hydrogens (primary N) is 1. The van der Waals surface area contributed by atoms with Crippen LogP contribution >= 0.6 is 11.6 Å². The molecule has 0 radical (unpaired) electrons. The zero-order valence-corrected chi connectivity index (χ0v) is 12.0. The van der Waals surface area contributed by atoms with Gasteiger partial charge in [0.1, 0.15) is 5.75 Å². The molecule has 0 saturated carbocycles. The van der Waals surface area contributed by atoms with Gasteiger partial charge in [-0.25, -0.2) is 0 Å². The van der Waals surface area contributed by atoms with Crippen LogP contribution in [0.1, 0.15) is 36.5 Å². The molecule has 19 heavy (non-hydrogen) atoms. The van der Waals surface area contributed by atoms with Gasteiger partial charge in [0.05, 0.1) is 12.2 Å². The summed E-state index contributed by atoms with van der Waals surface area (Å²) in [5.41, 5.74) is 5.89. The maximum absolute atomic E-state index is 12.1. The second kappa shape index (κ2) is 8.77. The van der Waals surface area contributed by atoms with Crippen molar-refractivity contribution in [2.24, 2.45) is 5.73 Å². The van der Waals surface area contributed by atoms with Crippen molar-refractivity contribution in [1.29, 1.82) is 0 Å². The predicted octanol–water partition coefficient (Wildman–Crippen LogP) is 2.60. The van der Waals surface area contributed by atoms with Crippen molar-refractivity contribution in [2.75, 3.05) is 19.7 Å². The zero-order valence-electron chi connectivity index (χ0n) is 11.2. The highest BCUT2D eigenvalue weighted by Crippen LogP contribution is 2.23. The van der Waals surface area contributed by atoms with Gasteiger partial charge in [-0.2, -0.15) is 0 Å². The topological polar surface area (TPSA) is 64.3 Å². The van der Waals surface area contributed by atoms with E-state index in [-0.39, 0.29) is 5.91 Å². The van der Waals surface area contributed by atoms with E-state index in [2.05, 4.69) is 5.32 Å². The van der Waals surface area contributed by atoms with E-state index in [1.807, 2.05) is 6.92 Å². The van der Waals surface area contributed by atoms with Crippen LogP contribution in [0.15, 0.2) is 18.2 Å². The first-order valence-corrected chi connectivity index (χ1v) is 6.97. The number of ether oxygens (including phenoxy) is 1. The molecule has 5 heteroatoms. The number of unbranched alkanes of at least 4 members (excludes halogenated alkanes) is 1. The van der Waals surface area contributed by atoms with E-state index in [4.69, 9.17) is 22.1 Å². The van der Waals surface area contributed by atoms with Crippen LogP contribution in [0.3, 0.4) is 0 Å². The number of nitrogens with one attached hydrogen (secondary N) is 1. The lowest BCUT2D eigenvalue weighted by molar-refractivity contribution is 0.0949. The van der Waals surface area contributed by atoms with E-state index in [1.54, 1.807) is 18.2 Å². The second-order valence-corrected chi connectivity index (χ2v) is 4.68. The summed E-state index contributed by atoms with van der Waals surface area (Å²) in [6.45, 7) is 3.84. The molecule has 1 amide bonds. The second-order valence-electron chi connectivity index (χ2n) is 4.24. The number of rotatable bonds is 8. The van der Waals surface area contributed by atoms with Gasteiger partial charge in [0.25, 0.3) is 5.91 Å². The number of benzene rings is 1. The Balaban J connectivity index is 2.67. The van der Waals surface area contributed by atoms with Crippen molar-refractivity contribution >= 4 is 17.5 Å². The number of hydrogen-bond donors (Lipinski definition) is 2. The van der Waals surface area contributed by atoms with Crippen molar-refractivity contribution in [2.45, 2.75) is 26.2 Å². The summed E-state index contributed by atoms with van der Waals surface area (Å²) in [6, 6.07) is 5.08. The quantitative estimate of drug-likeness (QED) is 0.721. The third-order valence-corrected chi connectivity index (χ3v) is 2.80. The fraction of sp³-hybridized carbons (Fsp3) is 0.500. The van der Waals surface area contributed by atoms with Gasteiger partial charge in [0, 0.05) is 11.6 Å². The third-order valence-electron chi connectivity index (χ3n) is 2.56. The summed E-state index contributed by atoms with van der Waals surface area (Å²) < 4.78 is 5.55. The molecular formula is C14H21ClN2O2.